The normalized spacial score (nSPS) is 11.7. The van der Waals surface area contributed by atoms with Crippen molar-refractivity contribution in [1.29, 1.82) is 0 Å². The summed E-state index contributed by atoms with van der Waals surface area (Å²) in [5.41, 5.74) is 0. The minimum Gasteiger partial charge on any atom is -0.389 e. The highest BCUT2D eigenvalue weighted by Gasteiger charge is 2.28. The molecule has 0 aliphatic rings. The van der Waals surface area contributed by atoms with Gasteiger partial charge in [-0.3, -0.25) is 0 Å². The van der Waals surface area contributed by atoms with Crippen LogP contribution in [0.3, 0.4) is 0 Å². The lowest BCUT2D eigenvalue weighted by Crippen LogP contribution is -2.15. The fraction of sp³-hybridized carbons (Fsp3) is 0.250. The lowest BCUT2D eigenvalue weighted by atomic mass is 10.4. The third-order valence-electron chi connectivity index (χ3n) is 1.26. The predicted molar refractivity (Wildman–Crippen MR) is 44.3 cm³/mol. The van der Waals surface area contributed by atoms with Crippen LogP contribution < -0.4 is 0 Å². The van der Waals surface area contributed by atoms with Crippen LogP contribution >= 0.6 is 11.8 Å². The van der Waals surface area contributed by atoms with Crippen molar-refractivity contribution in [2.24, 2.45) is 0 Å². The molecule has 1 aromatic rings. The first-order valence-electron chi connectivity index (χ1n) is 3.47. The van der Waals surface area contributed by atoms with Gasteiger partial charge in [-0.25, -0.2) is 4.39 Å². The molecule has 72 valence electrons. The summed E-state index contributed by atoms with van der Waals surface area (Å²) in [6.07, 6.45) is 0. The van der Waals surface area contributed by atoms with Gasteiger partial charge in [0.25, 0.3) is 0 Å². The van der Waals surface area contributed by atoms with Crippen LogP contribution in [-0.4, -0.2) is 17.0 Å². The van der Waals surface area contributed by atoms with Gasteiger partial charge in [0.05, 0.1) is 0 Å². The molecule has 0 aliphatic heterocycles. The number of alkyl halides is 2. The quantitative estimate of drug-likeness (QED) is 0.770. The summed E-state index contributed by atoms with van der Waals surface area (Å²) >= 11 is 0.205. The van der Waals surface area contributed by atoms with Crippen molar-refractivity contribution in [1.82, 2.24) is 0 Å². The summed E-state index contributed by atoms with van der Waals surface area (Å²) in [5.74, 6) is -0.475. The summed E-state index contributed by atoms with van der Waals surface area (Å²) < 4.78 is 37.5. The van der Waals surface area contributed by atoms with Crippen LogP contribution in [0.2, 0.25) is 0 Å². The Morgan fingerprint density at radius 3 is 2.23 bits per heavy atom. The number of benzene rings is 1. The Kier molecular flexibility index (Phi) is 3.22. The third kappa shape index (κ3) is 3.28. The molecule has 0 amide bonds. The molecule has 0 fully saturated rings. The fourth-order valence-electron chi connectivity index (χ4n) is 0.707. The molecule has 0 aromatic heterocycles. The monoisotopic (exact) mass is 208 g/mol. The second-order valence-corrected chi connectivity index (χ2v) is 3.62. The zero-order valence-electron chi connectivity index (χ0n) is 6.51. The van der Waals surface area contributed by atoms with Gasteiger partial charge < -0.3 is 5.11 Å². The molecule has 0 saturated heterocycles. The Morgan fingerprint density at radius 1 is 1.23 bits per heavy atom. The molecule has 5 heteroatoms. The van der Waals surface area contributed by atoms with E-state index in [-0.39, 0.29) is 16.7 Å². The van der Waals surface area contributed by atoms with Gasteiger partial charge in [-0.1, -0.05) is 0 Å². The molecule has 0 radical (unpaired) electrons. The number of hydrogen-bond donors (Lipinski definition) is 1. The van der Waals surface area contributed by atoms with E-state index in [0.717, 1.165) is 12.1 Å². The van der Waals surface area contributed by atoms with E-state index < -0.39 is 17.7 Å². The number of rotatable bonds is 3. The predicted octanol–water partition coefficient (Wildman–Crippen LogP) is 2.50. The molecule has 0 saturated carbocycles. The van der Waals surface area contributed by atoms with Crippen LogP contribution in [0, 0.1) is 5.82 Å². The summed E-state index contributed by atoms with van der Waals surface area (Å²) in [7, 11) is 0. The smallest absolute Gasteiger partial charge is 0.320 e. The van der Waals surface area contributed by atoms with Crippen LogP contribution in [0.1, 0.15) is 0 Å². The Hall–Kier alpha value is -0.680. The standard InChI is InChI=1S/C8H7F3OS/c9-6-1-3-7(4-2-6)13-8(10,11)5-12/h1-4,12H,5H2. The molecule has 1 nitrogen and oxygen atoms in total. The molecule has 0 unspecified atom stereocenters. The maximum absolute atomic E-state index is 12.6. The van der Waals surface area contributed by atoms with Crippen LogP contribution in [0.5, 0.6) is 0 Å². The van der Waals surface area contributed by atoms with Gasteiger partial charge in [-0.15, -0.1) is 0 Å². The molecule has 0 spiro atoms. The largest absolute Gasteiger partial charge is 0.389 e. The number of aliphatic hydroxyl groups excluding tert-OH is 1. The van der Waals surface area contributed by atoms with E-state index in [2.05, 4.69) is 0 Å². The average molecular weight is 208 g/mol. The van der Waals surface area contributed by atoms with Crippen LogP contribution in [0.25, 0.3) is 0 Å². The molecule has 1 N–H and O–H groups in total. The van der Waals surface area contributed by atoms with Gasteiger partial charge in [-0.2, -0.15) is 8.78 Å². The first-order chi connectivity index (χ1) is 6.03. The summed E-state index contributed by atoms with van der Waals surface area (Å²) in [5, 5.41) is 5.05. The minimum atomic E-state index is -3.21. The van der Waals surface area contributed by atoms with Crippen molar-refractivity contribution >= 4 is 11.8 Å². The van der Waals surface area contributed by atoms with Crippen LogP contribution in [-0.2, 0) is 0 Å². The Morgan fingerprint density at radius 2 is 1.77 bits per heavy atom. The Bertz CT molecular complexity index is 273. The molecular weight excluding hydrogens is 201 g/mol. The molecule has 0 bridgehead atoms. The molecule has 0 heterocycles. The zero-order valence-corrected chi connectivity index (χ0v) is 7.32. The molecule has 0 aliphatic carbocycles. The zero-order chi connectivity index (χ0) is 9.90. The maximum atomic E-state index is 12.6. The third-order valence-corrected chi connectivity index (χ3v) is 2.20. The molecular formula is C8H7F3OS. The van der Waals surface area contributed by atoms with Gasteiger partial charge in [0.2, 0.25) is 0 Å². The van der Waals surface area contributed by atoms with Crippen molar-refractivity contribution in [2.75, 3.05) is 6.61 Å². The number of halogens is 3. The first kappa shape index (κ1) is 10.4. The van der Waals surface area contributed by atoms with E-state index >= 15 is 0 Å². The highest BCUT2D eigenvalue weighted by Crippen LogP contribution is 2.34. The van der Waals surface area contributed by atoms with Crippen molar-refractivity contribution in [3.8, 4) is 0 Å². The second-order valence-electron chi connectivity index (χ2n) is 2.35. The van der Waals surface area contributed by atoms with E-state index in [1.54, 1.807) is 0 Å². The highest BCUT2D eigenvalue weighted by molar-refractivity contribution is 8.00. The maximum Gasteiger partial charge on any atom is 0.320 e. The number of aliphatic hydroxyl groups is 1. The molecule has 13 heavy (non-hydrogen) atoms. The van der Waals surface area contributed by atoms with Crippen molar-refractivity contribution in [2.45, 2.75) is 10.2 Å². The van der Waals surface area contributed by atoms with E-state index in [1.807, 2.05) is 0 Å². The number of hydrogen-bond acceptors (Lipinski definition) is 2. The SMILES string of the molecule is OCC(F)(F)Sc1ccc(F)cc1. The van der Waals surface area contributed by atoms with Gasteiger partial charge in [-0.05, 0) is 36.0 Å². The molecule has 1 aromatic carbocycles. The topological polar surface area (TPSA) is 20.2 Å². The van der Waals surface area contributed by atoms with E-state index in [9.17, 15) is 13.2 Å². The van der Waals surface area contributed by atoms with Gasteiger partial charge >= 0.3 is 5.25 Å². The molecule has 1 rings (SSSR count). The average Bonchev–Trinajstić information content (AvgIpc) is 2.09. The summed E-state index contributed by atoms with van der Waals surface area (Å²) in [6, 6.07) is 4.67. The van der Waals surface area contributed by atoms with Gasteiger partial charge in [0.1, 0.15) is 12.4 Å². The van der Waals surface area contributed by atoms with E-state index in [0.29, 0.717) is 0 Å². The van der Waals surface area contributed by atoms with Crippen molar-refractivity contribution in [3.63, 3.8) is 0 Å². The Labute approximate surface area is 77.6 Å². The minimum absolute atomic E-state index is 0.205. The van der Waals surface area contributed by atoms with Crippen molar-refractivity contribution < 1.29 is 18.3 Å². The summed E-state index contributed by atoms with van der Waals surface area (Å²) in [4.78, 5) is 0.223. The van der Waals surface area contributed by atoms with E-state index in [4.69, 9.17) is 5.11 Å². The van der Waals surface area contributed by atoms with Crippen LogP contribution in [0.15, 0.2) is 29.2 Å². The highest BCUT2D eigenvalue weighted by atomic mass is 32.2. The summed E-state index contributed by atoms with van der Waals surface area (Å²) in [6.45, 7) is -1.23. The van der Waals surface area contributed by atoms with Gasteiger partial charge in [0, 0.05) is 4.90 Å². The lowest BCUT2D eigenvalue weighted by molar-refractivity contribution is 0.0362. The lowest BCUT2D eigenvalue weighted by Gasteiger charge is -2.11. The first-order valence-corrected chi connectivity index (χ1v) is 4.28. The van der Waals surface area contributed by atoms with Gasteiger partial charge in [0.15, 0.2) is 0 Å². The second kappa shape index (κ2) is 4.02. The van der Waals surface area contributed by atoms with E-state index in [1.165, 1.54) is 12.1 Å². The fourth-order valence-corrected chi connectivity index (χ4v) is 1.39. The Balaban J connectivity index is 2.69. The van der Waals surface area contributed by atoms with Crippen molar-refractivity contribution in [3.05, 3.63) is 30.1 Å². The molecule has 0 atom stereocenters. The van der Waals surface area contributed by atoms with Crippen LogP contribution in [0.4, 0.5) is 13.2 Å². The number of thioether (sulfide) groups is 1.